The Labute approximate surface area is 218 Å². The number of hydrogen-bond donors (Lipinski definition) is 2. The van der Waals surface area contributed by atoms with Crippen LogP contribution in [0.3, 0.4) is 0 Å². The van der Waals surface area contributed by atoms with Crippen LogP contribution in [-0.2, 0) is 11.3 Å². The minimum absolute atomic E-state index is 0. The van der Waals surface area contributed by atoms with Gasteiger partial charge in [0.15, 0.2) is 17.5 Å². The van der Waals surface area contributed by atoms with E-state index >= 15 is 0 Å². The second kappa shape index (κ2) is 11.1. The van der Waals surface area contributed by atoms with Gasteiger partial charge in [-0.1, -0.05) is 42.5 Å². The third-order valence-electron chi connectivity index (χ3n) is 7.04. The molecular formula is C27H27ClF3N3O3. The van der Waals surface area contributed by atoms with Crippen LogP contribution >= 0.6 is 12.4 Å². The normalized spacial score (nSPS) is 21.2. The van der Waals surface area contributed by atoms with Crippen LogP contribution in [0.15, 0.2) is 54.6 Å². The third kappa shape index (κ3) is 5.74. The second-order valence-electron chi connectivity index (χ2n) is 9.56. The summed E-state index contributed by atoms with van der Waals surface area (Å²) in [6, 6.07) is 14.5. The Morgan fingerprint density at radius 3 is 2.38 bits per heavy atom. The number of hydroxylamine groups is 2. The minimum atomic E-state index is -1.66. The van der Waals surface area contributed by atoms with Gasteiger partial charge < -0.3 is 20.5 Å². The number of quaternary nitrogens is 1. The molecule has 2 fully saturated rings. The molecule has 1 aliphatic carbocycles. The summed E-state index contributed by atoms with van der Waals surface area (Å²) in [6.07, 6.45) is 1.96. The average molecular weight is 534 g/mol. The van der Waals surface area contributed by atoms with Crippen molar-refractivity contribution in [3.05, 3.63) is 88.4 Å². The molecule has 10 heteroatoms. The largest absolute Gasteiger partial charge is 0.634 e. The van der Waals surface area contributed by atoms with E-state index < -0.39 is 35.3 Å². The molecule has 0 spiro atoms. The summed E-state index contributed by atoms with van der Waals surface area (Å²) in [5, 5.41) is 17.0. The van der Waals surface area contributed by atoms with Gasteiger partial charge in [0.1, 0.15) is 5.92 Å². The van der Waals surface area contributed by atoms with Crippen molar-refractivity contribution in [1.29, 1.82) is 0 Å². The number of carbonyl (C=O) groups excluding carboxylic acids is 2. The van der Waals surface area contributed by atoms with E-state index in [1.165, 1.54) is 0 Å². The molecule has 0 radical (unpaired) electrons. The molecule has 1 saturated heterocycles. The van der Waals surface area contributed by atoms with Crippen LogP contribution in [0.5, 0.6) is 0 Å². The van der Waals surface area contributed by atoms with Crippen molar-refractivity contribution in [3.63, 3.8) is 0 Å². The first-order valence-corrected chi connectivity index (χ1v) is 12.1. The molecule has 3 aromatic rings. The summed E-state index contributed by atoms with van der Waals surface area (Å²) in [7, 11) is 0. The fraction of sp³-hybridized carbons (Fsp3) is 0.333. The summed E-state index contributed by atoms with van der Waals surface area (Å²) in [5.74, 6) is -6.43. The number of benzene rings is 3. The van der Waals surface area contributed by atoms with E-state index in [0.717, 1.165) is 29.2 Å². The van der Waals surface area contributed by atoms with Gasteiger partial charge in [0.25, 0.3) is 5.91 Å². The quantitative estimate of drug-likeness (QED) is 0.377. The van der Waals surface area contributed by atoms with Crippen LogP contribution in [0.1, 0.15) is 35.2 Å². The van der Waals surface area contributed by atoms with Gasteiger partial charge in [0.2, 0.25) is 5.91 Å². The molecule has 3 atom stereocenters. The van der Waals surface area contributed by atoms with Gasteiger partial charge in [0, 0.05) is 24.6 Å². The number of piperidine rings is 1. The van der Waals surface area contributed by atoms with E-state index in [4.69, 9.17) is 0 Å². The Morgan fingerprint density at radius 1 is 1.00 bits per heavy atom. The van der Waals surface area contributed by atoms with E-state index in [1.54, 1.807) is 4.90 Å². The van der Waals surface area contributed by atoms with Crippen LogP contribution in [-0.4, -0.2) is 41.9 Å². The van der Waals surface area contributed by atoms with Crippen molar-refractivity contribution in [2.24, 2.45) is 5.92 Å². The van der Waals surface area contributed by atoms with Crippen LogP contribution in [0.2, 0.25) is 0 Å². The Bertz CT molecular complexity index is 1290. The van der Waals surface area contributed by atoms with E-state index in [9.17, 15) is 28.0 Å². The lowest BCUT2D eigenvalue weighted by molar-refractivity contribution is -0.856. The molecule has 1 saturated carbocycles. The van der Waals surface area contributed by atoms with Gasteiger partial charge in [-0.05, 0) is 41.3 Å². The summed E-state index contributed by atoms with van der Waals surface area (Å²) in [6.45, 7) is 0.549. The Hall–Kier alpha value is -3.14. The highest BCUT2D eigenvalue weighted by Crippen LogP contribution is 2.32. The van der Waals surface area contributed by atoms with Crippen molar-refractivity contribution >= 4 is 35.0 Å². The first-order chi connectivity index (χ1) is 17.3. The van der Waals surface area contributed by atoms with Crippen molar-refractivity contribution in [2.75, 3.05) is 13.1 Å². The van der Waals surface area contributed by atoms with Crippen molar-refractivity contribution in [3.8, 4) is 0 Å². The predicted molar refractivity (Wildman–Crippen MR) is 135 cm³/mol. The summed E-state index contributed by atoms with van der Waals surface area (Å²) < 4.78 is 40.6. The average Bonchev–Trinajstić information content (AvgIpc) is 3.71. The van der Waals surface area contributed by atoms with Crippen LogP contribution < -0.4 is 10.4 Å². The van der Waals surface area contributed by atoms with E-state index in [2.05, 4.69) is 5.32 Å². The van der Waals surface area contributed by atoms with E-state index in [0.29, 0.717) is 18.7 Å². The highest BCUT2D eigenvalue weighted by Gasteiger charge is 2.42. The molecule has 3 aromatic carbocycles. The maximum Gasteiger partial charge on any atom is 0.251 e. The second-order valence-corrected chi connectivity index (χ2v) is 9.56. The lowest BCUT2D eigenvalue weighted by Crippen LogP contribution is -3.10. The molecule has 5 rings (SSSR count). The van der Waals surface area contributed by atoms with Crippen molar-refractivity contribution in [1.82, 2.24) is 10.2 Å². The lowest BCUT2D eigenvalue weighted by Gasteiger charge is -2.39. The zero-order chi connectivity index (χ0) is 25.4. The van der Waals surface area contributed by atoms with Crippen LogP contribution in [0.25, 0.3) is 10.8 Å². The van der Waals surface area contributed by atoms with Gasteiger partial charge in [-0.25, -0.2) is 13.2 Å². The molecule has 6 nitrogen and oxygen atoms in total. The van der Waals surface area contributed by atoms with Crippen LogP contribution in [0, 0.1) is 28.6 Å². The molecule has 2 N–H and O–H groups in total. The highest BCUT2D eigenvalue weighted by atomic mass is 35.5. The van der Waals surface area contributed by atoms with Crippen LogP contribution in [0.4, 0.5) is 13.2 Å². The summed E-state index contributed by atoms with van der Waals surface area (Å²) in [4.78, 5) is 28.3. The van der Waals surface area contributed by atoms with Gasteiger partial charge in [-0.2, -0.15) is 0 Å². The number of nitrogens with one attached hydrogen (secondary N) is 2. The maximum atomic E-state index is 13.8. The number of amides is 2. The number of halogens is 4. The number of rotatable bonds is 6. The van der Waals surface area contributed by atoms with Gasteiger partial charge in [-0.3, -0.25) is 9.59 Å². The molecule has 196 valence electrons. The lowest BCUT2D eigenvalue weighted by atomic mass is 9.90. The number of nitrogens with zero attached hydrogens (tertiary/aromatic N) is 1. The Kier molecular flexibility index (Phi) is 8.06. The number of carbonyl (C=O) groups is 2. The SMILES string of the molecule is Cl.O=C(NC1CC[NH+]([O-])CC1C(=O)N(Cc1cccc2ccccc12)C1CC1)c1cc(F)c(F)c(F)c1. The molecular weight excluding hydrogens is 507 g/mol. The van der Waals surface area contributed by atoms with Crippen molar-refractivity contribution < 1.29 is 27.8 Å². The van der Waals surface area contributed by atoms with E-state index in [1.807, 2.05) is 42.5 Å². The maximum absolute atomic E-state index is 13.8. The number of fused-ring (bicyclic) bond motifs is 1. The van der Waals surface area contributed by atoms with Gasteiger partial charge in [0.05, 0.1) is 19.1 Å². The summed E-state index contributed by atoms with van der Waals surface area (Å²) in [5.41, 5.74) is 0.609. The van der Waals surface area contributed by atoms with Gasteiger partial charge in [-0.15, -0.1) is 12.4 Å². The first-order valence-electron chi connectivity index (χ1n) is 12.1. The molecule has 2 aliphatic rings. The van der Waals surface area contributed by atoms with Crippen molar-refractivity contribution in [2.45, 2.75) is 37.9 Å². The molecule has 3 unspecified atom stereocenters. The first kappa shape index (κ1) is 26.9. The zero-order valence-electron chi connectivity index (χ0n) is 19.9. The Balaban J connectivity index is 0.00000320. The predicted octanol–water partition coefficient (Wildman–Crippen LogP) is 3.37. The monoisotopic (exact) mass is 533 g/mol. The fourth-order valence-corrected chi connectivity index (χ4v) is 4.98. The molecule has 1 aliphatic heterocycles. The van der Waals surface area contributed by atoms with Gasteiger partial charge >= 0.3 is 0 Å². The molecule has 2 amide bonds. The van der Waals surface area contributed by atoms with E-state index in [-0.39, 0.29) is 54.5 Å². The smallest absolute Gasteiger partial charge is 0.251 e. The zero-order valence-corrected chi connectivity index (χ0v) is 20.7. The summed E-state index contributed by atoms with van der Waals surface area (Å²) >= 11 is 0. The minimum Gasteiger partial charge on any atom is -0.634 e. The fourth-order valence-electron chi connectivity index (χ4n) is 4.98. The molecule has 0 aromatic heterocycles. The standard InChI is InChI=1S/C27H26F3N3O3.ClH/c28-22-12-18(13-23(29)25(22)30)26(34)31-24-10-11-32(36)15-21(24)27(35)33(19-8-9-19)14-17-6-3-5-16-4-1-2-7-20(16)17;/h1-7,12-13,19,21,24,32H,8-11,14-15H2,(H,31,34);1H. The highest BCUT2D eigenvalue weighted by molar-refractivity contribution is 5.95. The molecule has 1 heterocycles. The third-order valence-corrected chi connectivity index (χ3v) is 7.04. The Morgan fingerprint density at radius 2 is 1.68 bits per heavy atom. The molecule has 37 heavy (non-hydrogen) atoms. The number of hydrogen-bond acceptors (Lipinski definition) is 3. The topological polar surface area (TPSA) is 76.9 Å². The molecule has 0 bridgehead atoms.